The lowest BCUT2D eigenvalue weighted by atomic mass is 9.81. The zero-order chi connectivity index (χ0) is 13.0. The summed E-state index contributed by atoms with van der Waals surface area (Å²) < 4.78 is 13.4. The molecule has 100 valence electrons. The Morgan fingerprint density at radius 3 is 2.83 bits per heavy atom. The smallest absolute Gasteiger partial charge is 0.126 e. The van der Waals surface area contributed by atoms with Crippen LogP contribution in [0.15, 0.2) is 18.2 Å². The second-order valence-corrected chi connectivity index (χ2v) is 5.53. The molecular weight excluding hydrogens is 225 g/mol. The van der Waals surface area contributed by atoms with Crippen LogP contribution in [0.4, 0.5) is 4.39 Å². The molecule has 1 saturated heterocycles. The molecule has 0 radical (unpaired) electrons. The van der Waals surface area contributed by atoms with E-state index < -0.39 is 0 Å². The topological polar surface area (TPSA) is 12.0 Å². The fourth-order valence-electron chi connectivity index (χ4n) is 3.12. The molecule has 1 fully saturated rings. The molecule has 1 N–H and O–H groups in total. The second-order valence-electron chi connectivity index (χ2n) is 5.53. The van der Waals surface area contributed by atoms with Crippen molar-refractivity contribution < 1.29 is 4.39 Å². The van der Waals surface area contributed by atoms with Crippen LogP contribution in [-0.4, -0.2) is 6.54 Å². The zero-order valence-corrected chi connectivity index (χ0v) is 11.6. The van der Waals surface area contributed by atoms with Gasteiger partial charge in [0.25, 0.3) is 0 Å². The lowest BCUT2D eigenvalue weighted by Gasteiger charge is -2.35. The van der Waals surface area contributed by atoms with Gasteiger partial charge in [-0.15, -0.1) is 0 Å². The third kappa shape index (κ3) is 2.74. The van der Waals surface area contributed by atoms with Gasteiger partial charge in [0.05, 0.1) is 0 Å². The Morgan fingerprint density at radius 1 is 1.28 bits per heavy atom. The third-order valence-electron chi connectivity index (χ3n) is 4.13. The van der Waals surface area contributed by atoms with Crippen molar-refractivity contribution in [3.63, 3.8) is 0 Å². The summed E-state index contributed by atoms with van der Waals surface area (Å²) in [5.74, 6) is -0.0981. The molecule has 1 unspecified atom stereocenters. The first kappa shape index (κ1) is 13.5. The Hall–Kier alpha value is -0.890. The van der Waals surface area contributed by atoms with Crippen LogP contribution in [0, 0.1) is 12.7 Å². The molecule has 18 heavy (non-hydrogen) atoms. The molecule has 2 heteroatoms. The lowest BCUT2D eigenvalue weighted by molar-refractivity contribution is 0.297. The van der Waals surface area contributed by atoms with Gasteiger partial charge in [-0.1, -0.05) is 38.3 Å². The minimum atomic E-state index is -0.0981. The predicted molar refractivity (Wildman–Crippen MR) is 74.2 cm³/mol. The van der Waals surface area contributed by atoms with Crippen LogP contribution in [0.5, 0.6) is 0 Å². The second kappa shape index (κ2) is 5.83. The van der Waals surface area contributed by atoms with E-state index >= 15 is 0 Å². The summed E-state index contributed by atoms with van der Waals surface area (Å²) in [5, 5.41) is 3.74. The van der Waals surface area contributed by atoms with E-state index in [4.69, 9.17) is 0 Å². The number of nitrogens with one attached hydrogen (secondary N) is 1. The number of hydrogen-bond donors (Lipinski definition) is 1. The van der Waals surface area contributed by atoms with Crippen LogP contribution >= 0.6 is 0 Å². The van der Waals surface area contributed by atoms with E-state index in [1.165, 1.54) is 31.2 Å². The van der Waals surface area contributed by atoms with Crippen LogP contribution in [0.2, 0.25) is 0 Å². The fraction of sp³-hybridized carbons (Fsp3) is 0.625. The molecular formula is C16H24FN. The average Bonchev–Trinajstić information content (AvgIpc) is 2.60. The molecule has 0 saturated carbocycles. The number of hydrogen-bond acceptors (Lipinski definition) is 1. The summed E-state index contributed by atoms with van der Waals surface area (Å²) in [4.78, 5) is 0. The summed E-state index contributed by atoms with van der Waals surface area (Å²) in [6.45, 7) is 5.16. The van der Waals surface area contributed by atoms with Gasteiger partial charge in [-0.05, 0) is 49.9 Å². The molecule has 1 heterocycles. The standard InChI is InChI=1S/C16H24FN/c1-3-9-16(10-5-4-6-11-18-16)14-7-8-15(17)13(2)12-14/h7-8,12,18H,3-6,9-11H2,1-2H3. The minimum Gasteiger partial charge on any atom is -0.307 e. The van der Waals surface area contributed by atoms with E-state index in [0.29, 0.717) is 0 Å². The Bertz CT molecular complexity index is 392. The highest BCUT2D eigenvalue weighted by Gasteiger charge is 2.31. The fourth-order valence-corrected chi connectivity index (χ4v) is 3.12. The van der Waals surface area contributed by atoms with E-state index in [9.17, 15) is 4.39 Å². The summed E-state index contributed by atoms with van der Waals surface area (Å²) in [7, 11) is 0. The molecule has 2 rings (SSSR count). The molecule has 1 aliphatic rings. The van der Waals surface area contributed by atoms with E-state index in [1.807, 2.05) is 19.1 Å². The highest BCUT2D eigenvalue weighted by molar-refractivity contribution is 5.30. The molecule has 0 aromatic heterocycles. The quantitative estimate of drug-likeness (QED) is 0.842. The van der Waals surface area contributed by atoms with Gasteiger partial charge in [0.1, 0.15) is 5.82 Å². The van der Waals surface area contributed by atoms with E-state index in [1.54, 1.807) is 6.07 Å². The first-order valence-corrected chi connectivity index (χ1v) is 7.19. The average molecular weight is 249 g/mol. The van der Waals surface area contributed by atoms with Crippen molar-refractivity contribution in [2.75, 3.05) is 6.54 Å². The van der Waals surface area contributed by atoms with Crippen molar-refractivity contribution in [2.45, 2.75) is 57.9 Å². The van der Waals surface area contributed by atoms with Crippen LogP contribution in [0.25, 0.3) is 0 Å². The largest absolute Gasteiger partial charge is 0.307 e. The number of benzene rings is 1. The maximum absolute atomic E-state index is 13.4. The van der Waals surface area contributed by atoms with Crippen LogP contribution in [0.1, 0.15) is 56.6 Å². The Labute approximate surface area is 110 Å². The monoisotopic (exact) mass is 249 g/mol. The highest BCUT2D eigenvalue weighted by atomic mass is 19.1. The molecule has 0 aliphatic carbocycles. The van der Waals surface area contributed by atoms with Crippen molar-refractivity contribution in [3.8, 4) is 0 Å². The summed E-state index contributed by atoms with van der Waals surface area (Å²) in [5.41, 5.74) is 2.10. The van der Waals surface area contributed by atoms with Crippen LogP contribution in [-0.2, 0) is 5.54 Å². The zero-order valence-electron chi connectivity index (χ0n) is 11.6. The van der Waals surface area contributed by atoms with Crippen molar-refractivity contribution in [2.24, 2.45) is 0 Å². The maximum Gasteiger partial charge on any atom is 0.126 e. The first-order chi connectivity index (χ1) is 8.68. The van der Waals surface area contributed by atoms with Gasteiger partial charge in [-0.3, -0.25) is 0 Å². The SMILES string of the molecule is CCCC1(c2ccc(F)c(C)c2)CCCCCN1. The Morgan fingerprint density at radius 2 is 2.11 bits per heavy atom. The van der Waals surface area contributed by atoms with Gasteiger partial charge >= 0.3 is 0 Å². The molecule has 1 aromatic rings. The van der Waals surface area contributed by atoms with Gasteiger partial charge in [0, 0.05) is 5.54 Å². The summed E-state index contributed by atoms with van der Waals surface area (Å²) in [6.07, 6.45) is 7.29. The van der Waals surface area contributed by atoms with Crippen molar-refractivity contribution in [1.29, 1.82) is 0 Å². The number of halogens is 1. The maximum atomic E-state index is 13.4. The summed E-state index contributed by atoms with van der Waals surface area (Å²) in [6, 6.07) is 5.62. The minimum absolute atomic E-state index is 0.0731. The van der Waals surface area contributed by atoms with Gasteiger partial charge in [-0.2, -0.15) is 0 Å². The molecule has 1 nitrogen and oxygen atoms in total. The van der Waals surface area contributed by atoms with Gasteiger partial charge in [-0.25, -0.2) is 4.39 Å². The lowest BCUT2D eigenvalue weighted by Crippen LogP contribution is -2.41. The predicted octanol–water partition coefficient (Wildman–Crippen LogP) is 4.29. The number of rotatable bonds is 3. The molecule has 1 aliphatic heterocycles. The van der Waals surface area contributed by atoms with E-state index in [2.05, 4.69) is 12.2 Å². The van der Waals surface area contributed by atoms with Gasteiger partial charge in [0.15, 0.2) is 0 Å². The van der Waals surface area contributed by atoms with Crippen molar-refractivity contribution in [3.05, 3.63) is 35.1 Å². The molecule has 0 spiro atoms. The molecule has 0 amide bonds. The van der Waals surface area contributed by atoms with Crippen LogP contribution in [0.3, 0.4) is 0 Å². The third-order valence-corrected chi connectivity index (χ3v) is 4.13. The Kier molecular flexibility index (Phi) is 4.39. The van der Waals surface area contributed by atoms with Gasteiger partial charge < -0.3 is 5.32 Å². The van der Waals surface area contributed by atoms with Crippen molar-refractivity contribution in [1.82, 2.24) is 5.32 Å². The normalized spacial score (nSPS) is 24.8. The highest BCUT2D eigenvalue weighted by Crippen LogP contribution is 2.34. The van der Waals surface area contributed by atoms with E-state index in [-0.39, 0.29) is 11.4 Å². The molecule has 1 atom stereocenters. The van der Waals surface area contributed by atoms with Crippen LogP contribution < -0.4 is 5.32 Å². The summed E-state index contributed by atoms with van der Waals surface area (Å²) >= 11 is 0. The molecule has 0 bridgehead atoms. The first-order valence-electron chi connectivity index (χ1n) is 7.19. The molecule has 1 aromatic carbocycles. The van der Waals surface area contributed by atoms with Crippen molar-refractivity contribution >= 4 is 0 Å². The Balaban J connectivity index is 2.35. The number of aryl methyl sites for hydroxylation is 1. The van der Waals surface area contributed by atoms with E-state index in [0.717, 1.165) is 24.9 Å². The van der Waals surface area contributed by atoms with Gasteiger partial charge in [0.2, 0.25) is 0 Å².